The van der Waals surface area contributed by atoms with Crippen molar-refractivity contribution in [1.82, 2.24) is 0 Å². The molecule has 14 heavy (non-hydrogen) atoms. The summed E-state index contributed by atoms with van der Waals surface area (Å²) in [5, 5.41) is 0. The molecular weight excluding hydrogens is 186 g/mol. The zero-order valence-corrected chi connectivity index (χ0v) is 11.8. The summed E-state index contributed by atoms with van der Waals surface area (Å²) in [6.45, 7) is 15.7. The summed E-state index contributed by atoms with van der Waals surface area (Å²) in [5.74, 6) is 0. The molecule has 0 N–H and O–H groups in total. The van der Waals surface area contributed by atoms with Gasteiger partial charge in [0.2, 0.25) is 0 Å². The number of hydrogen-bond donors (Lipinski definition) is 0. The van der Waals surface area contributed by atoms with E-state index < -0.39 is 8.07 Å². The van der Waals surface area contributed by atoms with Crippen LogP contribution in [0.3, 0.4) is 0 Å². The molecule has 0 aromatic heterocycles. The van der Waals surface area contributed by atoms with Crippen LogP contribution >= 0.6 is 0 Å². The molecule has 0 amide bonds. The Kier molecular flexibility index (Phi) is 4.79. The molecule has 0 aliphatic heterocycles. The lowest BCUT2D eigenvalue weighted by Crippen LogP contribution is -2.19. The third kappa shape index (κ3) is 9.71. The van der Waals surface area contributed by atoms with E-state index in [1.165, 1.54) is 11.6 Å². The van der Waals surface area contributed by atoms with E-state index in [0.717, 1.165) is 0 Å². The summed E-state index contributed by atoms with van der Waals surface area (Å²) >= 11 is 0. The lowest BCUT2D eigenvalue weighted by Gasteiger charge is -2.15. The molecule has 0 heterocycles. The zero-order chi connectivity index (χ0) is 11.4. The van der Waals surface area contributed by atoms with E-state index in [2.05, 4.69) is 58.4 Å². The maximum absolute atomic E-state index is 4.44. The molecule has 0 aromatic carbocycles. The lowest BCUT2D eigenvalue weighted by atomic mass is 10.1. The van der Waals surface area contributed by atoms with Gasteiger partial charge in [0.1, 0.15) is 0 Å². The van der Waals surface area contributed by atoms with Gasteiger partial charge in [-0.25, -0.2) is 0 Å². The minimum atomic E-state index is -0.946. The maximum Gasteiger partial charge on any atom is 0.0524 e. The quantitative estimate of drug-likeness (QED) is 0.491. The Morgan fingerprint density at radius 2 is 1.71 bits per heavy atom. The van der Waals surface area contributed by atoms with Gasteiger partial charge in [-0.15, -0.1) is 0 Å². The summed E-state index contributed by atoms with van der Waals surface area (Å²) in [5.41, 5.74) is 1.51. The van der Waals surface area contributed by atoms with Gasteiger partial charge in [0.25, 0.3) is 0 Å². The molecule has 0 bridgehead atoms. The molecular formula is C12H25NSi. The second-order valence-corrected chi connectivity index (χ2v) is 11.7. The summed E-state index contributed by atoms with van der Waals surface area (Å²) in [6, 6.07) is 1.27. The fourth-order valence-electron chi connectivity index (χ4n) is 1.28. The largest absolute Gasteiger partial charge is 0.287 e. The summed E-state index contributed by atoms with van der Waals surface area (Å²) in [6.07, 6.45) is 4.11. The fraction of sp³-hybridized carbons (Fsp3) is 0.750. The van der Waals surface area contributed by atoms with Gasteiger partial charge in [0.05, 0.1) is 5.54 Å². The smallest absolute Gasteiger partial charge is 0.0524 e. The highest BCUT2D eigenvalue weighted by molar-refractivity contribution is 6.76. The molecule has 0 spiro atoms. The highest BCUT2D eigenvalue weighted by Crippen LogP contribution is 2.15. The molecule has 0 saturated carbocycles. The van der Waals surface area contributed by atoms with Gasteiger partial charge in [-0.1, -0.05) is 25.2 Å². The second-order valence-electron chi connectivity index (χ2n) is 6.20. The molecule has 0 rings (SSSR count). The Bertz CT molecular complexity index is 226. The third-order valence-corrected chi connectivity index (χ3v) is 3.25. The Balaban J connectivity index is 4.21. The first-order valence-corrected chi connectivity index (χ1v) is 9.02. The molecule has 1 nitrogen and oxygen atoms in total. The minimum absolute atomic E-state index is 0.0515. The zero-order valence-electron chi connectivity index (χ0n) is 10.8. The first-order chi connectivity index (χ1) is 6.10. The van der Waals surface area contributed by atoms with Crippen molar-refractivity contribution in [3.8, 4) is 0 Å². The Hall–Kier alpha value is -0.373. The molecule has 0 atom stereocenters. The predicted octanol–water partition coefficient (Wildman–Crippen LogP) is 4.14. The normalized spacial score (nSPS) is 15.2. The lowest BCUT2D eigenvalue weighted by molar-refractivity contribution is 0.587. The van der Waals surface area contributed by atoms with Crippen LogP contribution in [-0.4, -0.2) is 19.8 Å². The van der Waals surface area contributed by atoms with Crippen LogP contribution in [0.4, 0.5) is 0 Å². The summed E-state index contributed by atoms with van der Waals surface area (Å²) in [7, 11) is -0.946. The van der Waals surface area contributed by atoms with Gasteiger partial charge >= 0.3 is 0 Å². The van der Waals surface area contributed by atoms with Gasteiger partial charge in [-0.05, 0) is 39.8 Å². The molecule has 0 saturated heterocycles. The molecule has 0 radical (unpaired) electrons. The van der Waals surface area contributed by atoms with Gasteiger partial charge in [-0.3, -0.25) is 4.99 Å². The van der Waals surface area contributed by atoms with E-state index in [-0.39, 0.29) is 5.54 Å². The standard InChI is InChI=1S/C12H25NSi/c1-11(10-14(5,6)7)8-9-13-12(2,3)4/h8-9H,10H2,1-7H3. The van der Waals surface area contributed by atoms with Crippen molar-refractivity contribution in [2.75, 3.05) is 0 Å². The Morgan fingerprint density at radius 1 is 1.21 bits per heavy atom. The third-order valence-electron chi connectivity index (χ3n) is 1.63. The van der Waals surface area contributed by atoms with Gasteiger partial charge in [0, 0.05) is 14.3 Å². The first-order valence-electron chi connectivity index (χ1n) is 5.31. The highest BCUT2D eigenvalue weighted by atomic mass is 28.3. The van der Waals surface area contributed by atoms with Gasteiger partial charge < -0.3 is 0 Å². The monoisotopic (exact) mass is 211 g/mol. The van der Waals surface area contributed by atoms with E-state index in [9.17, 15) is 0 Å². The number of allylic oxidation sites excluding steroid dienone is 2. The van der Waals surface area contributed by atoms with Crippen molar-refractivity contribution in [3.63, 3.8) is 0 Å². The maximum atomic E-state index is 4.44. The Labute approximate surface area is 90.3 Å². The summed E-state index contributed by atoms with van der Waals surface area (Å²) in [4.78, 5) is 4.44. The van der Waals surface area contributed by atoms with Crippen molar-refractivity contribution < 1.29 is 0 Å². The van der Waals surface area contributed by atoms with Gasteiger partial charge in [-0.2, -0.15) is 0 Å². The van der Waals surface area contributed by atoms with E-state index in [1.807, 2.05) is 6.21 Å². The van der Waals surface area contributed by atoms with Crippen molar-refractivity contribution in [2.24, 2.45) is 4.99 Å². The SMILES string of the molecule is CC(=CC=NC(C)(C)C)C[Si](C)(C)C. The minimum Gasteiger partial charge on any atom is -0.287 e. The average Bonchev–Trinajstić information content (AvgIpc) is 1.78. The first kappa shape index (κ1) is 13.6. The molecule has 2 heteroatoms. The van der Waals surface area contributed by atoms with Crippen LogP contribution in [0.2, 0.25) is 25.7 Å². The van der Waals surface area contributed by atoms with E-state index >= 15 is 0 Å². The van der Waals surface area contributed by atoms with Gasteiger partial charge in [0.15, 0.2) is 0 Å². The molecule has 0 aliphatic carbocycles. The van der Waals surface area contributed by atoms with E-state index in [1.54, 1.807) is 0 Å². The van der Waals surface area contributed by atoms with Crippen LogP contribution in [0, 0.1) is 0 Å². The van der Waals surface area contributed by atoms with Crippen molar-refractivity contribution >= 4 is 14.3 Å². The topological polar surface area (TPSA) is 12.4 Å². The average molecular weight is 211 g/mol. The number of nitrogens with zero attached hydrogens (tertiary/aromatic N) is 1. The van der Waals surface area contributed by atoms with Crippen LogP contribution in [0.15, 0.2) is 16.6 Å². The summed E-state index contributed by atoms with van der Waals surface area (Å²) < 4.78 is 0. The molecule has 0 fully saturated rings. The van der Waals surface area contributed by atoms with Crippen LogP contribution in [0.1, 0.15) is 27.7 Å². The Morgan fingerprint density at radius 3 is 2.07 bits per heavy atom. The van der Waals surface area contributed by atoms with Crippen LogP contribution in [0.25, 0.3) is 0 Å². The number of hydrogen-bond acceptors (Lipinski definition) is 1. The second kappa shape index (κ2) is 4.92. The van der Waals surface area contributed by atoms with E-state index in [0.29, 0.717) is 0 Å². The van der Waals surface area contributed by atoms with Crippen LogP contribution in [0.5, 0.6) is 0 Å². The predicted molar refractivity (Wildman–Crippen MR) is 70.2 cm³/mol. The molecule has 0 unspecified atom stereocenters. The van der Waals surface area contributed by atoms with Crippen molar-refractivity contribution in [1.29, 1.82) is 0 Å². The number of rotatable bonds is 3. The van der Waals surface area contributed by atoms with Crippen molar-refractivity contribution in [3.05, 3.63) is 11.6 Å². The number of aliphatic imine (C=N–C) groups is 1. The van der Waals surface area contributed by atoms with E-state index in [4.69, 9.17) is 0 Å². The fourth-order valence-corrected chi connectivity index (χ4v) is 3.07. The van der Waals surface area contributed by atoms with Crippen molar-refractivity contribution in [2.45, 2.75) is 58.9 Å². The molecule has 0 aliphatic rings. The molecule has 0 aromatic rings. The molecule has 82 valence electrons. The van der Waals surface area contributed by atoms with Crippen LogP contribution < -0.4 is 0 Å². The van der Waals surface area contributed by atoms with Crippen LogP contribution in [-0.2, 0) is 0 Å². The highest BCUT2D eigenvalue weighted by Gasteiger charge is 2.12.